The van der Waals surface area contributed by atoms with Crippen molar-refractivity contribution in [3.05, 3.63) is 70.3 Å². The van der Waals surface area contributed by atoms with Gasteiger partial charge in [-0.1, -0.05) is 65.5 Å². The quantitative estimate of drug-likeness (QED) is 0.167. The number of halogens is 10. The molecule has 4 aliphatic rings. The highest BCUT2D eigenvalue weighted by atomic mass is 19.4. The number of rotatable bonds is 11. The molecule has 2 heterocycles. The molecule has 2 saturated carbocycles. The van der Waals surface area contributed by atoms with Gasteiger partial charge in [0.1, 0.15) is 59.2 Å². The van der Waals surface area contributed by atoms with E-state index in [4.69, 9.17) is 0 Å². The summed E-state index contributed by atoms with van der Waals surface area (Å²) in [6.45, 7) is 5.00. The number of aldehydes is 1. The molecule has 2 aliphatic heterocycles. The predicted molar refractivity (Wildman–Crippen MR) is 348 cm³/mol. The second-order valence-electron chi connectivity index (χ2n) is 28.3. The molecule has 1 spiro atoms. The number of carbonyl (C=O) groups excluding carboxylic acids is 11. The van der Waals surface area contributed by atoms with E-state index in [0.29, 0.717) is 61.8 Å². The van der Waals surface area contributed by atoms with Gasteiger partial charge in [0.15, 0.2) is 0 Å². The molecule has 0 aromatic heterocycles. The Balaban J connectivity index is 1.44. The monoisotopic (exact) mass is 1440 g/mol. The predicted octanol–water partition coefficient (Wildman–Crippen LogP) is 6.24. The summed E-state index contributed by atoms with van der Waals surface area (Å²) in [5.74, 6) is -18.3. The van der Waals surface area contributed by atoms with Crippen molar-refractivity contribution in [2.45, 2.75) is 203 Å². The molecule has 0 radical (unpaired) electrons. The third kappa shape index (κ3) is 20.2. The summed E-state index contributed by atoms with van der Waals surface area (Å²) in [4.78, 5) is 168. The van der Waals surface area contributed by atoms with E-state index >= 15 is 27.2 Å². The van der Waals surface area contributed by atoms with Crippen LogP contribution in [0.1, 0.15) is 140 Å². The molecule has 2 aromatic carbocycles. The van der Waals surface area contributed by atoms with Crippen molar-refractivity contribution in [1.29, 1.82) is 0 Å². The molecule has 32 heteroatoms. The molecule has 562 valence electrons. The summed E-state index contributed by atoms with van der Waals surface area (Å²) in [6, 6.07) is -7.45. The third-order valence-corrected chi connectivity index (χ3v) is 20.3. The Kier molecular flexibility index (Phi) is 27.5. The first-order chi connectivity index (χ1) is 47.0. The highest BCUT2D eigenvalue weighted by molar-refractivity contribution is 5.99. The van der Waals surface area contributed by atoms with Crippen molar-refractivity contribution in [1.82, 2.24) is 55.1 Å². The molecular weight excluding hydrogens is 1350 g/mol. The van der Waals surface area contributed by atoms with Crippen molar-refractivity contribution >= 4 is 65.4 Å². The third-order valence-electron chi connectivity index (χ3n) is 20.3. The van der Waals surface area contributed by atoms with Crippen molar-refractivity contribution in [2.24, 2.45) is 17.8 Å². The number of amides is 10. The molecule has 3 N–H and O–H groups in total. The van der Waals surface area contributed by atoms with E-state index in [1.165, 1.54) is 61.9 Å². The number of hydrogen-bond donors (Lipinski definition) is 3. The number of aryl methyl sites for hydroxylation is 1. The van der Waals surface area contributed by atoms with Gasteiger partial charge < -0.3 is 55.0 Å². The van der Waals surface area contributed by atoms with E-state index in [1.54, 1.807) is 20.8 Å². The van der Waals surface area contributed by atoms with Gasteiger partial charge in [-0.2, -0.15) is 26.3 Å². The first kappa shape index (κ1) is 82.0. The Labute approximate surface area is 581 Å². The Morgan fingerprint density at radius 3 is 1.79 bits per heavy atom. The van der Waals surface area contributed by atoms with Crippen LogP contribution >= 0.6 is 0 Å². The minimum Gasteiger partial charge on any atom is -0.343 e. The number of hydrogen-bond acceptors (Lipinski definition) is 12. The van der Waals surface area contributed by atoms with Crippen LogP contribution in [0, 0.1) is 29.4 Å². The molecule has 2 aromatic rings. The molecule has 4 fully saturated rings. The van der Waals surface area contributed by atoms with E-state index in [1.807, 2.05) is 13.8 Å². The van der Waals surface area contributed by atoms with Crippen molar-refractivity contribution in [3.63, 3.8) is 0 Å². The molecule has 1 unspecified atom stereocenters. The lowest BCUT2D eigenvalue weighted by Gasteiger charge is -2.47. The number of alkyl halides is 8. The van der Waals surface area contributed by atoms with Gasteiger partial charge in [0.05, 0.1) is 37.3 Å². The number of carbonyl (C=O) groups is 11. The second kappa shape index (κ2) is 33.9. The van der Waals surface area contributed by atoms with Crippen LogP contribution in [-0.4, -0.2) is 240 Å². The fourth-order valence-corrected chi connectivity index (χ4v) is 13.7. The molecular formula is C69H95F10N11O11. The van der Waals surface area contributed by atoms with Gasteiger partial charge in [-0.25, -0.2) is 17.6 Å². The largest absolute Gasteiger partial charge is 0.422 e. The lowest BCUT2D eigenvalue weighted by molar-refractivity contribution is -0.156. The van der Waals surface area contributed by atoms with Crippen LogP contribution in [-0.2, 0) is 77.9 Å². The van der Waals surface area contributed by atoms with Gasteiger partial charge in [-0.05, 0) is 125 Å². The average molecular weight is 1440 g/mol. The van der Waals surface area contributed by atoms with Crippen LogP contribution in [0.4, 0.5) is 43.9 Å². The number of likely N-dealkylation sites (N-methyl/N-ethyl adjacent to an activating group) is 7. The van der Waals surface area contributed by atoms with Crippen molar-refractivity contribution in [2.75, 3.05) is 75.5 Å². The summed E-state index contributed by atoms with van der Waals surface area (Å²) in [7, 11) is 9.12. The van der Waals surface area contributed by atoms with E-state index in [9.17, 15) is 69.5 Å². The first-order valence-corrected chi connectivity index (χ1v) is 34.0. The van der Waals surface area contributed by atoms with Crippen molar-refractivity contribution < 1.29 is 96.6 Å². The van der Waals surface area contributed by atoms with E-state index in [2.05, 4.69) is 16.0 Å². The van der Waals surface area contributed by atoms with Crippen LogP contribution in [0.3, 0.4) is 0 Å². The number of nitrogens with one attached hydrogen (secondary N) is 3. The lowest BCUT2D eigenvalue weighted by Crippen LogP contribution is -2.68. The highest BCUT2D eigenvalue weighted by Crippen LogP contribution is 2.40. The fourth-order valence-electron chi connectivity index (χ4n) is 13.7. The van der Waals surface area contributed by atoms with Crippen LogP contribution < -0.4 is 16.0 Å². The zero-order chi connectivity index (χ0) is 75.7. The van der Waals surface area contributed by atoms with Gasteiger partial charge >= 0.3 is 12.4 Å². The van der Waals surface area contributed by atoms with E-state index in [0.717, 1.165) is 52.4 Å². The summed E-state index contributed by atoms with van der Waals surface area (Å²) in [6.07, 6.45) is -9.81. The maximum atomic E-state index is 16.0. The molecule has 0 bridgehead atoms. The fraction of sp³-hybridized carbons (Fsp3) is 0.667. The minimum atomic E-state index is -5.50. The summed E-state index contributed by atoms with van der Waals surface area (Å²) < 4.78 is 144. The number of nitrogens with zero attached hydrogens (tertiary/aromatic N) is 8. The van der Waals surface area contributed by atoms with Crippen LogP contribution in [0.15, 0.2) is 36.4 Å². The van der Waals surface area contributed by atoms with E-state index in [-0.39, 0.29) is 37.2 Å². The van der Waals surface area contributed by atoms with E-state index < -0.39 is 223 Å². The van der Waals surface area contributed by atoms with Crippen LogP contribution in [0.25, 0.3) is 0 Å². The maximum absolute atomic E-state index is 16.0. The van der Waals surface area contributed by atoms with Gasteiger partial charge in [-0.15, -0.1) is 0 Å². The summed E-state index contributed by atoms with van der Waals surface area (Å²) >= 11 is 0. The van der Waals surface area contributed by atoms with Gasteiger partial charge in [0.25, 0.3) is 5.92 Å². The summed E-state index contributed by atoms with van der Waals surface area (Å²) in [5, 5.41) is 7.76. The van der Waals surface area contributed by atoms with Crippen LogP contribution in [0.2, 0.25) is 0 Å². The van der Waals surface area contributed by atoms with Crippen LogP contribution in [0.5, 0.6) is 0 Å². The second-order valence-corrected chi connectivity index (χ2v) is 28.3. The molecule has 2 saturated heterocycles. The SMILES string of the molecule is CC[C@H](C)[C@@H]1NC(=O)[C@H](CC(C)C)N(C)C(=O)C[C@@H](C)N(C)C(=O)[C@H](C2CCCCC2)N(C)C(=O)C2(CCC2)NC(=O)[C@@H]2CC(F)(F)CN2C(=O)[C@H](CCc2cc(F)c(C(F)(F)F)c(F)c2)NC(=O)CN(C)C(=O)[C@H](Cc2ccc(C(F)(F)F)cc2)N(C)CC(C=O)N(C)C(=O)CN(C)C1=O. The first-order valence-electron chi connectivity index (χ1n) is 34.0. The van der Waals surface area contributed by atoms with Gasteiger partial charge in [0, 0.05) is 67.7 Å². The van der Waals surface area contributed by atoms with Gasteiger partial charge in [0.2, 0.25) is 59.1 Å². The zero-order valence-electron chi connectivity index (χ0n) is 59.2. The van der Waals surface area contributed by atoms with Crippen molar-refractivity contribution in [3.8, 4) is 0 Å². The zero-order valence-corrected chi connectivity index (χ0v) is 59.2. The normalized spacial score (nSPS) is 26.2. The standard InChI is InChI=1S/C69H95F10N11O11/c1-13-40(4)57-63(99)85(8)36-55(94)87(10)46(37-91)34-83(6)51(32-42-20-23-45(24-21-42)68(74,75)76)62(98)84(7)35-53(92)80-49(25-22-43-30-47(70)56(48(71)31-43)69(77,78)79)61(97)90-38-67(72,73)33-52(90)60(96)82-66(26-17-27-66)65(101)89(12)58(44-18-15-14-16-19-44)64(100)86(9)41(5)29-54(93)88(11)50(28-39(2)3)59(95)81-57/h20-21,23-24,30-31,37,39-41,44,46,49-52,57-58H,13-19,22,25-29,32-36,38H2,1-12H3,(H,80,92)(H,81,95)(H,82,96)/t40-,41+,46?,49-,50-,51-,52-,57-,58-/m0/s1. The highest BCUT2D eigenvalue weighted by Gasteiger charge is 2.56. The average Bonchev–Trinajstić information content (AvgIpc) is 1.74. The van der Waals surface area contributed by atoms with Gasteiger partial charge in [-0.3, -0.25) is 52.8 Å². The number of benzene rings is 2. The Bertz CT molecular complexity index is 3330. The lowest BCUT2D eigenvalue weighted by atomic mass is 9.74. The molecule has 22 nitrogen and oxygen atoms in total. The Morgan fingerprint density at radius 2 is 1.26 bits per heavy atom. The number of fused-ring (bicyclic) bond motifs is 1. The Morgan fingerprint density at radius 1 is 0.663 bits per heavy atom. The Hall–Kier alpha value is -7.93. The topological polar surface area (TPSA) is 250 Å². The minimum absolute atomic E-state index is 0.0632. The molecule has 2 aliphatic carbocycles. The smallest absolute Gasteiger partial charge is 0.343 e. The maximum Gasteiger partial charge on any atom is 0.422 e. The molecule has 10 amide bonds. The summed E-state index contributed by atoms with van der Waals surface area (Å²) in [5.41, 5.74) is -5.54. The molecule has 9 atom stereocenters. The molecule has 6 rings (SSSR count). The molecule has 101 heavy (non-hydrogen) atoms.